The topological polar surface area (TPSA) is 99.9 Å². The van der Waals surface area contributed by atoms with E-state index in [1.54, 1.807) is 24.3 Å². The fraction of sp³-hybridized carbons (Fsp3) is 0.316. The van der Waals surface area contributed by atoms with E-state index < -0.39 is 4.92 Å². The fourth-order valence-corrected chi connectivity index (χ4v) is 2.61. The third-order valence-corrected chi connectivity index (χ3v) is 4.02. The number of benzene rings is 2. The first kappa shape index (κ1) is 18.7. The molecular weight excluding hydrogens is 352 g/mol. The van der Waals surface area contributed by atoms with Gasteiger partial charge in [-0.15, -0.1) is 0 Å². The molecule has 0 bridgehead atoms. The summed E-state index contributed by atoms with van der Waals surface area (Å²) in [6.07, 6.45) is 2.24. The van der Waals surface area contributed by atoms with Crippen LogP contribution in [0.2, 0.25) is 0 Å². The molecule has 3 rings (SSSR count). The van der Waals surface area contributed by atoms with Crippen molar-refractivity contribution in [3.05, 3.63) is 58.6 Å². The summed E-state index contributed by atoms with van der Waals surface area (Å²) < 4.78 is 16.5. The Labute approximate surface area is 156 Å². The molecule has 0 aromatic heterocycles. The van der Waals surface area contributed by atoms with E-state index in [1.807, 2.05) is 0 Å². The van der Waals surface area contributed by atoms with Gasteiger partial charge in [0.2, 0.25) is 0 Å². The largest absolute Gasteiger partial charge is 0.491 e. The van der Waals surface area contributed by atoms with Crippen LogP contribution in [0.1, 0.15) is 12.8 Å². The second kappa shape index (κ2) is 9.00. The zero-order chi connectivity index (χ0) is 19.1. The van der Waals surface area contributed by atoms with Crippen LogP contribution in [-0.2, 0) is 9.53 Å². The van der Waals surface area contributed by atoms with Gasteiger partial charge >= 0.3 is 0 Å². The molecule has 1 heterocycles. The zero-order valence-electron chi connectivity index (χ0n) is 14.6. The van der Waals surface area contributed by atoms with Gasteiger partial charge in [0.05, 0.1) is 11.0 Å². The second-order valence-corrected chi connectivity index (χ2v) is 6.06. The third kappa shape index (κ3) is 5.68. The van der Waals surface area contributed by atoms with Crippen LogP contribution in [0, 0.1) is 10.1 Å². The lowest BCUT2D eigenvalue weighted by molar-refractivity contribution is -0.384. The Bertz CT molecular complexity index is 770. The lowest BCUT2D eigenvalue weighted by Crippen LogP contribution is -2.20. The zero-order valence-corrected chi connectivity index (χ0v) is 14.6. The van der Waals surface area contributed by atoms with E-state index in [2.05, 4.69) is 5.32 Å². The molecule has 1 fully saturated rings. The molecular formula is C19H20N2O6. The van der Waals surface area contributed by atoms with Crippen molar-refractivity contribution in [3.63, 3.8) is 0 Å². The molecule has 0 saturated carbocycles. The van der Waals surface area contributed by atoms with Gasteiger partial charge in [0.25, 0.3) is 11.6 Å². The van der Waals surface area contributed by atoms with Crippen LogP contribution in [-0.4, -0.2) is 36.8 Å². The molecule has 0 spiro atoms. The van der Waals surface area contributed by atoms with Gasteiger partial charge in [-0.2, -0.15) is 0 Å². The molecule has 1 saturated heterocycles. The Morgan fingerprint density at radius 3 is 2.41 bits per heavy atom. The van der Waals surface area contributed by atoms with E-state index in [0.717, 1.165) is 19.4 Å². The number of ether oxygens (including phenoxy) is 3. The Kier molecular flexibility index (Phi) is 6.22. The molecule has 8 heteroatoms. The summed E-state index contributed by atoms with van der Waals surface area (Å²) >= 11 is 0. The van der Waals surface area contributed by atoms with Crippen molar-refractivity contribution in [2.75, 3.05) is 25.1 Å². The highest BCUT2D eigenvalue weighted by Gasteiger charge is 2.16. The maximum absolute atomic E-state index is 12.0. The normalized spacial score (nSPS) is 15.9. The smallest absolute Gasteiger partial charge is 0.269 e. The molecule has 27 heavy (non-hydrogen) atoms. The highest BCUT2D eigenvalue weighted by atomic mass is 16.6. The van der Waals surface area contributed by atoms with E-state index in [-0.39, 0.29) is 24.3 Å². The first-order chi connectivity index (χ1) is 13.1. The highest BCUT2D eigenvalue weighted by molar-refractivity contribution is 5.91. The van der Waals surface area contributed by atoms with E-state index >= 15 is 0 Å². The van der Waals surface area contributed by atoms with E-state index in [4.69, 9.17) is 14.2 Å². The fourth-order valence-electron chi connectivity index (χ4n) is 2.61. The summed E-state index contributed by atoms with van der Waals surface area (Å²) in [7, 11) is 0. The number of nitro groups is 1. The molecule has 0 unspecified atom stereocenters. The van der Waals surface area contributed by atoms with Crippen LogP contribution >= 0.6 is 0 Å². The number of carbonyl (C=O) groups is 1. The number of carbonyl (C=O) groups excluding carboxylic acids is 1. The van der Waals surface area contributed by atoms with Crippen LogP contribution in [0.4, 0.5) is 11.4 Å². The number of nitrogens with zero attached hydrogens (tertiary/aromatic N) is 1. The summed E-state index contributed by atoms with van der Waals surface area (Å²) in [5.74, 6) is 0.764. The molecule has 8 nitrogen and oxygen atoms in total. The summed E-state index contributed by atoms with van der Waals surface area (Å²) in [5.41, 5.74) is 0.588. The van der Waals surface area contributed by atoms with Crippen LogP contribution in [0.15, 0.2) is 48.5 Å². The summed E-state index contributed by atoms with van der Waals surface area (Å²) in [4.78, 5) is 22.1. The lowest BCUT2D eigenvalue weighted by atomic mass is 10.2. The SMILES string of the molecule is O=C(COc1ccc([N+](=O)[O-])cc1)Nc1ccc(OC[C@H]2CCCO2)cc1. The number of non-ortho nitro benzene ring substituents is 1. The highest BCUT2D eigenvalue weighted by Crippen LogP contribution is 2.19. The second-order valence-electron chi connectivity index (χ2n) is 6.06. The van der Waals surface area contributed by atoms with E-state index in [0.29, 0.717) is 23.8 Å². The first-order valence-corrected chi connectivity index (χ1v) is 8.62. The van der Waals surface area contributed by atoms with Crippen molar-refractivity contribution in [1.29, 1.82) is 0 Å². The van der Waals surface area contributed by atoms with Gasteiger partial charge in [-0.1, -0.05) is 0 Å². The number of rotatable bonds is 8. The molecule has 1 N–H and O–H groups in total. The molecule has 1 aliphatic rings. The van der Waals surface area contributed by atoms with Crippen LogP contribution in [0.25, 0.3) is 0 Å². The maximum atomic E-state index is 12.0. The van der Waals surface area contributed by atoms with Crippen LogP contribution in [0.5, 0.6) is 11.5 Å². The van der Waals surface area contributed by atoms with E-state index in [9.17, 15) is 14.9 Å². The quantitative estimate of drug-likeness (QED) is 0.564. The van der Waals surface area contributed by atoms with Gasteiger partial charge in [-0.25, -0.2) is 0 Å². The predicted molar refractivity (Wildman–Crippen MR) is 98.1 cm³/mol. The minimum absolute atomic E-state index is 0.0337. The number of nitro benzene ring substituents is 1. The maximum Gasteiger partial charge on any atom is 0.269 e. The van der Waals surface area contributed by atoms with Crippen molar-refractivity contribution < 1.29 is 23.9 Å². The van der Waals surface area contributed by atoms with Crippen molar-refractivity contribution in [2.45, 2.75) is 18.9 Å². The van der Waals surface area contributed by atoms with Crippen LogP contribution in [0.3, 0.4) is 0 Å². The molecule has 1 amide bonds. The minimum atomic E-state index is -0.495. The molecule has 2 aromatic rings. The number of nitrogens with one attached hydrogen (secondary N) is 1. The Hall–Kier alpha value is -3.13. The van der Waals surface area contributed by atoms with Crippen molar-refractivity contribution in [2.24, 2.45) is 0 Å². The lowest BCUT2D eigenvalue weighted by Gasteiger charge is -2.12. The Balaban J connectivity index is 1.42. The van der Waals surface area contributed by atoms with Gasteiger partial charge in [0.1, 0.15) is 18.1 Å². The minimum Gasteiger partial charge on any atom is -0.491 e. The van der Waals surface area contributed by atoms with Gasteiger partial charge < -0.3 is 19.5 Å². The molecule has 0 radical (unpaired) electrons. The van der Waals surface area contributed by atoms with Crippen LogP contribution < -0.4 is 14.8 Å². The standard InChI is InChI=1S/C19H20N2O6/c22-19(13-27-17-9-5-15(6-10-17)21(23)24)20-14-3-7-16(8-4-14)26-12-18-2-1-11-25-18/h3-10,18H,1-2,11-13H2,(H,20,22)/t18-/m1/s1. The van der Waals surface area contributed by atoms with Crippen molar-refractivity contribution >= 4 is 17.3 Å². The first-order valence-electron chi connectivity index (χ1n) is 8.62. The monoisotopic (exact) mass is 372 g/mol. The number of anilines is 1. The molecule has 0 aliphatic carbocycles. The molecule has 2 aromatic carbocycles. The summed E-state index contributed by atoms with van der Waals surface area (Å²) in [6, 6.07) is 12.6. The van der Waals surface area contributed by atoms with Gasteiger partial charge in [0, 0.05) is 24.4 Å². The number of hydrogen-bond donors (Lipinski definition) is 1. The number of amides is 1. The van der Waals surface area contributed by atoms with Gasteiger partial charge in [-0.3, -0.25) is 14.9 Å². The molecule has 142 valence electrons. The summed E-state index contributed by atoms with van der Waals surface area (Å²) in [5, 5.41) is 13.3. The molecule has 1 atom stereocenters. The van der Waals surface area contributed by atoms with Crippen molar-refractivity contribution in [3.8, 4) is 11.5 Å². The average Bonchev–Trinajstić information content (AvgIpc) is 3.20. The van der Waals surface area contributed by atoms with Crippen molar-refractivity contribution in [1.82, 2.24) is 0 Å². The Morgan fingerprint density at radius 2 is 1.78 bits per heavy atom. The summed E-state index contributed by atoms with van der Waals surface area (Å²) in [6.45, 7) is 1.12. The Morgan fingerprint density at radius 1 is 1.11 bits per heavy atom. The third-order valence-electron chi connectivity index (χ3n) is 4.02. The predicted octanol–water partition coefficient (Wildman–Crippen LogP) is 3.17. The van der Waals surface area contributed by atoms with E-state index in [1.165, 1.54) is 24.3 Å². The average molecular weight is 372 g/mol. The van der Waals surface area contributed by atoms with Gasteiger partial charge in [0.15, 0.2) is 6.61 Å². The number of hydrogen-bond acceptors (Lipinski definition) is 6. The van der Waals surface area contributed by atoms with Gasteiger partial charge in [-0.05, 0) is 49.2 Å². The molecule has 1 aliphatic heterocycles.